The summed E-state index contributed by atoms with van der Waals surface area (Å²) >= 11 is 0. The molecule has 4 rings (SSSR count). The van der Waals surface area contributed by atoms with Crippen molar-refractivity contribution in [3.63, 3.8) is 0 Å². The molecule has 2 aromatic carbocycles. The molecule has 0 bridgehead atoms. The van der Waals surface area contributed by atoms with Crippen LogP contribution >= 0.6 is 0 Å². The molecule has 27 heavy (non-hydrogen) atoms. The molecule has 1 fully saturated rings. The fraction of sp³-hybridized carbons (Fsp3) is 0.273. The summed E-state index contributed by atoms with van der Waals surface area (Å²) in [6, 6.07) is 18.9. The standard InChI is InChI=1S/C22H22N2O3/c1-15(16-7-3-2-4-8-16)24-12-11-17(14-24)23-22(26)21-13-19(25)18-9-5-6-10-20(18)27-21/h2-10,13,15,17H,11-12,14H2,1H3,(H,23,26)/t15-,17+/m0/s1. The van der Waals surface area contributed by atoms with E-state index in [9.17, 15) is 9.59 Å². The number of rotatable bonds is 4. The zero-order valence-corrected chi connectivity index (χ0v) is 15.2. The van der Waals surface area contributed by atoms with Gasteiger partial charge < -0.3 is 9.73 Å². The number of hydrogen-bond donors (Lipinski definition) is 1. The Bertz CT molecular complexity index is 1010. The first-order valence-electron chi connectivity index (χ1n) is 9.24. The molecule has 1 saturated heterocycles. The van der Waals surface area contributed by atoms with E-state index in [2.05, 4.69) is 29.3 Å². The molecule has 3 aromatic rings. The van der Waals surface area contributed by atoms with Crippen LogP contribution in [0.4, 0.5) is 0 Å². The Hall–Kier alpha value is -2.92. The number of nitrogens with one attached hydrogen (secondary N) is 1. The monoisotopic (exact) mass is 362 g/mol. The molecule has 1 aliphatic rings. The molecule has 138 valence electrons. The molecule has 0 unspecified atom stereocenters. The Morgan fingerprint density at radius 1 is 1.15 bits per heavy atom. The Morgan fingerprint density at radius 2 is 1.89 bits per heavy atom. The van der Waals surface area contributed by atoms with Crippen molar-refractivity contribution in [1.29, 1.82) is 0 Å². The average Bonchev–Trinajstić information content (AvgIpc) is 3.16. The number of carbonyl (C=O) groups excluding carboxylic acids is 1. The van der Waals surface area contributed by atoms with Gasteiger partial charge in [-0.3, -0.25) is 14.5 Å². The van der Waals surface area contributed by atoms with Gasteiger partial charge in [-0.1, -0.05) is 42.5 Å². The lowest BCUT2D eigenvalue weighted by molar-refractivity contribution is 0.0909. The molecular formula is C22H22N2O3. The van der Waals surface area contributed by atoms with Gasteiger partial charge in [0.05, 0.1) is 5.39 Å². The first kappa shape index (κ1) is 17.5. The summed E-state index contributed by atoms with van der Waals surface area (Å²) in [5, 5.41) is 3.49. The lowest BCUT2D eigenvalue weighted by Crippen LogP contribution is -2.37. The summed E-state index contributed by atoms with van der Waals surface area (Å²) in [4.78, 5) is 27.1. The van der Waals surface area contributed by atoms with Crippen molar-refractivity contribution in [2.75, 3.05) is 13.1 Å². The summed E-state index contributed by atoms with van der Waals surface area (Å²) in [6.45, 7) is 3.88. The third kappa shape index (κ3) is 3.64. The maximum atomic E-state index is 12.6. The van der Waals surface area contributed by atoms with E-state index in [1.807, 2.05) is 18.2 Å². The second-order valence-electron chi connectivity index (χ2n) is 7.01. The second-order valence-corrected chi connectivity index (χ2v) is 7.01. The Labute approximate surface area is 157 Å². The predicted molar refractivity (Wildman–Crippen MR) is 105 cm³/mol. The molecule has 1 N–H and O–H groups in total. The molecule has 0 aliphatic carbocycles. The largest absolute Gasteiger partial charge is 0.451 e. The highest BCUT2D eigenvalue weighted by Gasteiger charge is 2.28. The Balaban J connectivity index is 1.44. The van der Waals surface area contributed by atoms with Gasteiger partial charge in [-0.05, 0) is 31.0 Å². The van der Waals surface area contributed by atoms with Crippen LogP contribution in [0.15, 0.2) is 69.9 Å². The van der Waals surface area contributed by atoms with E-state index in [1.165, 1.54) is 11.6 Å². The fourth-order valence-electron chi connectivity index (χ4n) is 3.67. The number of likely N-dealkylation sites (tertiary alicyclic amines) is 1. The zero-order valence-electron chi connectivity index (χ0n) is 15.2. The van der Waals surface area contributed by atoms with Gasteiger partial charge in [0, 0.05) is 31.2 Å². The smallest absolute Gasteiger partial charge is 0.287 e. The van der Waals surface area contributed by atoms with E-state index >= 15 is 0 Å². The van der Waals surface area contributed by atoms with E-state index in [-0.39, 0.29) is 23.1 Å². The minimum atomic E-state index is -0.336. The molecule has 0 saturated carbocycles. The van der Waals surface area contributed by atoms with Crippen LogP contribution in [0, 0.1) is 0 Å². The van der Waals surface area contributed by atoms with Crippen molar-refractivity contribution in [2.24, 2.45) is 0 Å². The van der Waals surface area contributed by atoms with Crippen LogP contribution in [0.25, 0.3) is 11.0 Å². The van der Waals surface area contributed by atoms with Crippen LogP contribution in [0.1, 0.15) is 35.5 Å². The number of fused-ring (bicyclic) bond motifs is 1. The molecule has 1 aliphatic heterocycles. The summed E-state index contributed by atoms with van der Waals surface area (Å²) in [7, 11) is 0. The van der Waals surface area contributed by atoms with Gasteiger partial charge in [-0.2, -0.15) is 0 Å². The number of para-hydroxylation sites is 1. The van der Waals surface area contributed by atoms with Crippen molar-refractivity contribution >= 4 is 16.9 Å². The molecule has 1 amide bonds. The molecule has 5 heteroatoms. The van der Waals surface area contributed by atoms with Crippen LogP contribution in [-0.4, -0.2) is 29.9 Å². The van der Waals surface area contributed by atoms with Gasteiger partial charge in [0.1, 0.15) is 5.58 Å². The number of amides is 1. The lowest BCUT2D eigenvalue weighted by Gasteiger charge is -2.24. The Morgan fingerprint density at radius 3 is 2.70 bits per heavy atom. The summed E-state index contributed by atoms with van der Waals surface area (Å²) in [5.74, 6) is -0.273. The van der Waals surface area contributed by atoms with Crippen molar-refractivity contribution < 1.29 is 9.21 Å². The predicted octanol–water partition coefficient (Wildman–Crippen LogP) is 3.36. The average molecular weight is 362 g/mol. The lowest BCUT2D eigenvalue weighted by atomic mass is 10.1. The maximum Gasteiger partial charge on any atom is 0.287 e. The van der Waals surface area contributed by atoms with Gasteiger partial charge >= 0.3 is 0 Å². The van der Waals surface area contributed by atoms with Crippen LogP contribution < -0.4 is 10.7 Å². The minimum absolute atomic E-state index is 0.0421. The van der Waals surface area contributed by atoms with E-state index in [4.69, 9.17) is 4.42 Å². The topological polar surface area (TPSA) is 62.6 Å². The summed E-state index contributed by atoms with van der Waals surface area (Å²) in [5.41, 5.74) is 1.50. The Kier molecular flexibility index (Phi) is 4.77. The van der Waals surface area contributed by atoms with E-state index in [0.717, 1.165) is 19.5 Å². The zero-order chi connectivity index (χ0) is 18.8. The van der Waals surface area contributed by atoms with Crippen LogP contribution in [0.5, 0.6) is 0 Å². The van der Waals surface area contributed by atoms with E-state index in [1.54, 1.807) is 24.3 Å². The summed E-state index contributed by atoms with van der Waals surface area (Å²) < 4.78 is 5.63. The highest BCUT2D eigenvalue weighted by atomic mass is 16.3. The van der Waals surface area contributed by atoms with Crippen LogP contribution in [0.2, 0.25) is 0 Å². The molecule has 5 nitrogen and oxygen atoms in total. The quantitative estimate of drug-likeness (QED) is 0.773. The number of nitrogens with zero attached hydrogens (tertiary/aromatic N) is 1. The minimum Gasteiger partial charge on any atom is -0.451 e. The van der Waals surface area contributed by atoms with Gasteiger partial charge in [0.2, 0.25) is 0 Å². The van der Waals surface area contributed by atoms with Crippen LogP contribution in [0.3, 0.4) is 0 Å². The highest BCUT2D eigenvalue weighted by Crippen LogP contribution is 2.24. The maximum absolute atomic E-state index is 12.6. The highest BCUT2D eigenvalue weighted by molar-refractivity contribution is 5.93. The molecule has 0 spiro atoms. The molecule has 2 heterocycles. The van der Waals surface area contributed by atoms with Crippen LogP contribution in [-0.2, 0) is 0 Å². The third-order valence-corrected chi connectivity index (χ3v) is 5.24. The number of hydrogen-bond acceptors (Lipinski definition) is 4. The van der Waals surface area contributed by atoms with E-state index in [0.29, 0.717) is 17.0 Å². The van der Waals surface area contributed by atoms with Gasteiger partial charge in [0.15, 0.2) is 11.2 Å². The summed E-state index contributed by atoms with van der Waals surface area (Å²) in [6.07, 6.45) is 0.876. The van der Waals surface area contributed by atoms with E-state index < -0.39 is 0 Å². The van der Waals surface area contributed by atoms with Crippen molar-refractivity contribution in [3.8, 4) is 0 Å². The third-order valence-electron chi connectivity index (χ3n) is 5.24. The van der Waals surface area contributed by atoms with Gasteiger partial charge in [-0.15, -0.1) is 0 Å². The van der Waals surface area contributed by atoms with Crippen molar-refractivity contribution in [3.05, 3.63) is 82.2 Å². The van der Waals surface area contributed by atoms with Gasteiger partial charge in [-0.25, -0.2) is 0 Å². The molecule has 2 atom stereocenters. The SMILES string of the molecule is C[C@@H](c1ccccc1)N1CC[C@@H](NC(=O)c2cc(=O)c3ccccc3o2)C1. The van der Waals surface area contributed by atoms with Crippen molar-refractivity contribution in [2.45, 2.75) is 25.4 Å². The number of carbonyl (C=O) groups is 1. The number of benzene rings is 2. The normalized spacial score (nSPS) is 18.5. The molecule has 0 radical (unpaired) electrons. The van der Waals surface area contributed by atoms with Crippen molar-refractivity contribution in [1.82, 2.24) is 10.2 Å². The fourth-order valence-corrected chi connectivity index (χ4v) is 3.67. The first-order valence-corrected chi connectivity index (χ1v) is 9.24. The second kappa shape index (κ2) is 7.37. The molecule has 1 aromatic heterocycles. The van der Waals surface area contributed by atoms with Gasteiger partial charge in [0.25, 0.3) is 5.91 Å². The molecular weight excluding hydrogens is 340 g/mol. The first-order chi connectivity index (χ1) is 13.1.